The number of allylic oxidation sites excluding steroid dienone is 4. The summed E-state index contributed by atoms with van der Waals surface area (Å²) in [6, 6.07) is 13.1. The molecule has 1 saturated heterocycles. The topological polar surface area (TPSA) is 71.5 Å². The van der Waals surface area contributed by atoms with Crippen LogP contribution in [-0.2, 0) is 11.3 Å². The van der Waals surface area contributed by atoms with Crippen LogP contribution in [0.2, 0.25) is 5.02 Å². The molecule has 0 radical (unpaired) electrons. The summed E-state index contributed by atoms with van der Waals surface area (Å²) >= 11 is 5.85. The van der Waals surface area contributed by atoms with Gasteiger partial charge in [-0.3, -0.25) is 9.69 Å². The Kier molecular flexibility index (Phi) is 14.2. The fourth-order valence-corrected chi connectivity index (χ4v) is 12.8. The maximum Gasteiger partial charge on any atom is 0.260 e. The first-order chi connectivity index (χ1) is 27.5. The molecule has 326 valence electrons. The van der Waals surface area contributed by atoms with Crippen molar-refractivity contribution in [1.29, 1.82) is 0 Å². The molecule has 2 aromatic carbocycles. The highest BCUT2D eigenvalue weighted by molar-refractivity contribution is 6.30. The lowest BCUT2D eigenvalue weighted by Gasteiger charge is -2.62. The molecular formula is C50H72Cl2N2O5. The van der Waals surface area contributed by atoms with Crippen LogP contribution in [0.5, 0.6) is 17.2 Å². The zero-order valence-corrected chi connectivity index (χ0v) is 38.8. The van der Waals surface area contributed by atoms with Gasteiger partial charge >= 0.3 is 0 Å². The number of halogens is 2. The Hall–Kier alpha value is -2.71. The summed E-state index contributed by atoms with van der Waals surface area (Å²) in [6.45, 7) is 23.9. The third kappa shape index (κ3) is 9.11. The van der Waals surface area contributed by atoms with E-state index < -0.39 is 0 Å². The summed E-state index contributed by atoms with van der Waals surface area (Å²) < 4.78 is 16.3. The van der Waals surface area contributed by atoms with Crippen LogP contribution in [0.1, 0.15) is 125 Å². The number of hydrogen-bond acceptors (Lipinski definition) is 6. The fourth-order valence-electron chi connectivity index (χ4n) is 12.7. The zero-order valence-electron chi connectivity index (χ0n) is 37.2. The fraction of sp³-hybridized carbons (Fsp3) is 0.660. The van der Waals surface area contributed by atoms with Gasteiger partial charge in [-0.15, -0.1) is 12.4 Å². The van der Waals surface area contributed by atoms with E-state index in [1.807, 2.05) is 28.2 Å². The average molecular weight is 852 g/mol. The molecule has 59 heavy (non-hydrogen) atoms. The second-order valence-corrected chi connectivity index (χ2v) is 20.6. The third-order valence-electron chi connectivity index (χ3n) is 16.4. The number of benzene rings is 2. The van der Waals surface area contributed by atoms with Gasteiger partial charge in [0.15, 0.2) is 18.1 Å². The highest BCUT2D eigenvalue weighted by Crippen LogP contribution is 2.72. The van der Waals surface area contributed by atoms with Gasteiger partial charge in [-0.2, -0.15) is 0 Å². The molecule has 4 aliphatic carbocycles. The molecule has 2 aliphatic heterocycles. The Balaban J connectivity index is 0.000000197. The summed E-state index contributed by atoms with van der Waals surface area (Å²) in [5, 5.41) is 11.5. The molecule has 6 aliphatic rings. The Labute approximate surface area is 366 Å². The predicted octanol–water partition coefficient (Wildman–Crippen LogP) is 11.7. The van der Waals surface area contributed by atoms with Crippen molar-refractivity contribution in [2.45, 2.75) is 132 Å². The van der Waals surface area contributed by atoms with Crippen molar-refractivity contribution in [3.05, 3.63) is 75.8 Å². The quantitative estimate of drug-likeness (QED) is 0.253. The number of piperazine rings is 1. The van der Waals surface area contributed by atoms with Crippen molar-refractivity contribution in [1.82, 2.24) is 9.80 Å². The van der Waals surface area contributed by atoms with E-state index in [1.165, 1.54) is 68.9 Å². The van der Waals surface area contributed by atoms with Gasteiger partial charge in [0.1, 0.15) is 5.75 Å². The summed E-state index contributed by atoms with van der Waals surface area (Å²) in [5.41, 5.74) is 7.59. The minimum Gasteiger partial charge on any atom is -0.484 e. The number of rotatable bonds is 9. The minimum atomic E-state index is -0.130. The molecule has 2 aromatic rings. The maximum absolute atomic E-state index is 12.4. The van der Waals surface area contributed by atoms with Crippen LogP contribution in [0, 0.1) is 39.4 Å². The van der Waals surface area contributed by atoms with Crippen molar-refractivity contribution in [3.63, 3.8) is 0 Å². The smallest absolute Gasteiger partial charge is 0.260 e. The van der Waals surface area contributed by atoms with E-state index in [1.54, 1.807) is 24.3 Å². The van der Waals surface area contributed by atoms with Gasteiger partial charge in [0.05, 0.1) is 6.10 Å². The summed E-state index contributed by atoms with van der Waals surface area (Å²) in [7, 11) is 0. The lowest BCUT2D eigenvalue weighted by Crippen LogP contribution is -2.55. The molecule has 3 fully saturated rings. The van der Waals surface area contributed by atoms with Gasteiger partial charge in [0.2, 0.25) is 6.79 Å². The first kappa shape index (κ1) is 45.8. The second-order valence-electron chi connectivity index (χ2n) is 20.2. The number of aliphatic hydroxyl groups excluding tert-OH is 1. The van der Waals surface area contributed by atoms with E-state index in [4.69, 9.17) is 25.8 Å². The number of amides is 1. The number of carbonyl (C=O) groups is 1. The SMILES string of the molecule is CC(C)=CCCC(C)C1CCC2(C)C3=C(CCC12C)C1(C)CCC(O)C(C)(C)C1CC3.Cl.O=C(COc1ccc(Cl)cc1)N1CCN(Cc2ccc3c(c2)OCO3)CC1. The number of nitrogens with zero attached hydrogens (tertiary/aromatic N) is 2. The lowest BCUT2D eigenvalue weighted by molar-refractivity contribution is -0.135. The number of fused-ring (bicyclic) bond motifs is 5. The average Bonchev–Trinajstić information content (AvgIpc) is 3.78. The van der Waals surface area contributed by atoms with Crippen molar-refractivity contribution in [2.75, 3.05) is 39.6 Å². The van der Waals surface area contributed by atoms with Crippen molar-refractivity contribution < 1.29 is 24.1 Å². The molecule has 8 rings (SSSR count). The van der Waals surface area contributed by atoms with Crippen molar-refractivity contribution >= 4 is 29.9 Å². The maximum atomic E-state index is 12.4. The highest BCUT2D eigenvalue weighted by atomic mass is 35.5. The lowest BCUT2D eigenvalue weighted by atomic mass is 9.43. The molecule has 2 heterocycles. The molecule has 0 aromatic heterocycles. The largest absolute Gasteiger partial charge is 0.484 e. The van der Waals surface area contributed by atoms with E-state index in [-0.39, 0.29) is 43.2 Å². The summed E-state index contributed by atoms with van der Waals surface area (Å²) in [6.07, 6.45) is 15.2. The molecule has 7 atom stereocenters. The Morgan fingerprint density at radius 2 is 1.63 bits per heavy atom. The van der Waals surface area contributed by atoms with E-state index in [0.29, 0.717) is 46.0 Å². The van der Waals surface area contributed by atoms with Crippen LogP contribution in [-0.4, -0.2) is 66.5 Å². The molecular weight excluding hydrogens is 779 g/mol. The minimum absolute atomic E-state index is 0. The Morgan fingerprint density at radius 1 is 0.915 bits per heavy atom. The molecule has 1 N–H and O–H groups in total. The van der Waals surface area contributed by atoms with Gasteiger partial charge in [-0.1, -0.05) is 82.0 Å². The summed E-state index contributed by atoms with van der Waals surface area (Å²) in [5.74, 6) is 4.58. The Bertz CT molecular complexity index is 1850. The van der Waals surface area contributed by atoms with E-state index >= 15 is 0 Å². The number of aliphatic hydroxyl groups is 1. The molecule has 0 spiro atoms. The van der Waals surface area contributed by atoms with Gasteiger partial charge < -0.3 is 24.2 Å². The molecule has 2 saturated carbocycles. The Morgan fingerprint density at radius 3 is 2.34 bits per heavy atom. The van der Waals surface area contributed by atoms with Crippen LogP contribution < -0.4 is 14.2 Å². The number of ether oxygens (including phenoxy) is 3. The molecule has 0 bridgehead atoms. The summed E-state index contributed by atoms with van der Waals surface area (Å²) in [4.78, 5) is 16.5. The molecule has 9 heteroatoms. The second kappa shape index (κ2) is 18.3. The van der Waals surface area contributed by atoms with Crippen LogP contribution in [0.25, 0.3) is 0 Å². The van der Waals surface area contributed by atoms with Gasteiger partial charge in [0, 0.05) is 37.7 Å². The van der Waals surface area contributed by atoms with Crippen LogP contribution in [0.4, 0.5) is 0 Å². The van der Waals surface area contributed by atoms with Gasteiger partial charge in [-0.05, 0) is 159 Å². The highest BCUT2D eigenvalue weighted by Gasteiger charge is 2.63. The van der Waals surface area contributed by atoms with E-state index in [9.17, 15) is 9.90 Å². The molecule has 1 amide bonds. The monoisotopic (exact) mass is 850 g/mol. The van der Waals surface area contributed by atoms with Crippen LogP contribution in [0.15, 0.2) is 65.3 Å². The standard InChI is InChI=1S/C30H50O.C20H21ClN2O4.ClH/c1-20(2)10-9-11-21(3)22-14-18-30(8)24-12-13-25-27(4,5)26(31)16-17-28(25,6)23(24)15-19-29(22,30)7;21-16-2-4-17(5-3-16)25-13-20(24)23-9-7-22(8-10-23)12-15-1-6-18-19(11-15)27-14-26-18;/h10,21-22,25-26,31H,9,11-19H2,1-8H3;1-6,11H,7-10,12-14H2;1H. The first-order valence-electron chi connectivity index (χ1n) is 22.4. The normalized spacial score (nSPS) is 31.1. The van der Waals surface area contributed by atoms with Crippen LogP contribution in [0.3, 0.4) is 0 Å². The number of carbonyl (C=O) groups excluding carboxylic acids is 1. The van der Waals surface area contributed by atoms with E-state index in [0.717, 1.165) is 49.4 Å². The zero-order chi connectivity index (χ0) is 41.5. The van der Waals surface area contributed by atoms with Crippen LogP contribution >= 0.6 is 24.0 Å². The first-order valence-corrected chi connectivity index (χ1v) is 22.7. The molecule has 7 unspecified atom stereocenters. The van der Waals surface area contributed by atoms with Gasteiger partial charge in [0.25, 0.3) is 5.91 Å². The molecule has 7 nitrogen and oxygen atoms in total. The van der Waals surface area contributed by atoms with Crippen molar-refractivity contribution in [2.24, 2.45) is 39.4 Å². The predicted molar refractivity (Wildman–Crippen MR) is 241 cm³/mol. The number of hydrogen-bond donors (Lipinski definition) is 1. The third-order valence-corrected chi connectivity index (χ3v) is 16.7. The van der Waals surface area contributed by atoms with Gasteiger partial charge in [-0.25, -0.2) is 0 Å². The van der Waals surface area contributed by atoms with Crippen molar-refractivity contribution in [3.8, 4) is 17.2 Å². The van der Waals surface area contributed by atoms with E-state index in [2.05, 4.69) is 72.4 Å².